The van der Waals surface area contributed by atoms with Gasteiger partial charge in [0, 0.05) is 19.2 Å². The van der Waals surface area contributed by atoms with Crippen molar-refractivity contribution in [2.75, 3.05) is 13.6 Å². The topological polar surface area (TPSA) is 50.8 Å². The lowest BCUT2D eigenvalue weighted by Gasteiger charge is -2.12. The highest BCUT2D eigenvalue weighted by Gasteiger charge is 2.07. The van der Waals surface area contributed by atoms with E-state index in [1.807, 2.05) is 0 Å². The molecule has 0 aromatic heterocycles. The summed E-state index contributed by atoms with van der Waals surface area (Å²) < 4.78 is 16.0. The molecule has 1 N–H and O–H groups in total. The molecule has 1 rings (SSSR count). The number of hydrogen-bond acceptors (Lipinski definition) is 5. The van der Waals surface area contributed by atoms with Gasteiger partial charge in [-0.3, -0.25) is 4.79 Å². The second kappa shape index (κ2) is 10.8. The van der Waals surface area contributed by atoms with Crippen LogP contribution in [-0.2, 0) is 4.39 Å². The maximum absolute atomic E-state index is 11.7. The third kappa shape index (κ3) is 6.99. The Balaban J connectivity index is 0.00000361. The lowest BCUT2D eigenvalue weighted by Crippen LogP contribution is -2.24. The first kappa shape index (κ1) is 19.0. The monoisotopic (exact) mass is 322 g/mol. The van der Waals surface area contributed by atoms with Crippen molar-refractivity contribution < 1.29 is 18.5 Å². The van der Waals surface area contributed by atoms with Crippen LogP contribution in [0, 0.1) is 0 Å². The minimum atomic E-state index is -0.116. The summed E-state index contributed by atoms with van der Waals surface area (Å²) >= 11 is 0.415. The molecule has 1 aromatic carbocycles. The molecular formula is C12H19FN2O3S2. The molecule has 0 fully saturated rings. The fourth-order valence-corrected chi connectivity index (χ4v) is 1.55. The van der Waals surface area contributed by atoms with Crippen LogP contribution in [0.1, 0.15) is 30.1 Å². The zero-order valence-corrected chi connectivity index (χ0v) is 13.2. The van der Waals surface area contributed by atoms with Crippen molar-refractivity contribution in [3.63, 3.8) is 0 Å². The van der Waals surface area contributed by atoms with Gasteiger partial charge in [-0.25, -0.2) is 0 Å². The fraction of sp³-hybridized carbons (Fsp3) is 0.417. The average Bonchev–Trinajstić information content (AvgIpc) is 2.40. The van der Waals surface area contributed by atoms with E-state index in [9.17, 15) is 9.32 Å². The molecule has 0 spiro atoms. The van der Waals surface area contributed by atoms with Crippen LogP contribution >= 0.6 is 25.7 Å². The second-order valence-corrected chi connectivity index (χ2v) is 4.59. The standard InChI is InChI=1S/C12H17FN2O3S.H2S/c1-3-4-9-14-12(16)10-5-7-11(8-6-10)17-15(2)19-18-13;/h5-8H,3-4,9H2,1-2H3,(H,14,16);1H2. The highest BCUT2D eigenvalue weighted by molar-refractivity contribution is 7.92. The minimum Gasteiger partial charge on any atom is -0.393 e. The van der Waals surface area contributed by atoms with Crippen molar-refractivity contribution in [1.82, 2.24) is 9.79 Å². The average molecular weight is 322 g/mol. The van der Waals surface area contributed by atoms with Gasteiger partial charge in [-0.2, -0.15) is 13.5 Å². The third-order valence-corrected chi connectivity index (χ3v) is 2.64. The number of halogens is 1. The Kier molecular flexibility index (Phi) is 10.3. The SMILES string of the molecule is CCCCNC(=O)c1ccc(ON(C)SOF)cc1.S. The van der Waals surface area contributed by atoms with Crippen LogP contribution in [0.25, 0.3) is 0 Å². The van der Waals surface area contributed by atoms with E-state index in [2.05, 4.69) is 16.6 Å². The van der Waals surface area contributed by atoms with Crippen molar-refractivity contribution in [3.05, 3.63) is 29.8 Å². The van der Waals surface area contributed by atoms with Crippen LogP contribution in [0.3, 0.4) is 0 Å². The van der Waals surface area contributed by atoms with Crippen LogP contribution < -0.4 is 10.2 Å². The van der Waals surface area contributed by atoms with Gasteiger partial charge in [-0.15, -0.1) is 4.39 Å². The quantitative estimate of drug-likeness (QED) is 0.345. The van der Waals surface area contributed by atoms with Gasteiger partial charge >= 0.3 is 0 Å². The predicted octanol–water partition coefficient (Wildman–Crippen LogP) is 3.02. The Labute approximate surface area is 129 Å². The smallest absolute Gasteiger partial charge is 0.251 e. The summed E-state index contributed by atoms with van der Waals surface area (Å²) in [5.74, 6) is 0.368. The number of carbonyl (C=O) groups excluding carboxylic acids is 1. The number of carbonyl (C=O) groups is 1. The molecule has 8 heteroatoms. The van der Waals surface area contributed by atoms with Gasteiger partial charge in [0.1, 0.15) is 5.75 Å². The first-order valence-corrected chi connectivity index (χ1v) is 6.62. The van der Waals surface area contributed by atoms with Crippen molar-refractivity contribution in [2.24, 2.45) is 0 Å². The van der Waals surface area contributed by atoms with Gasteiger partial charge in [-0.05, 0) is 35.2 Å². The predicted molar refractivity (Wildman–Crippen MR) is 82.2 cm³/mol. The molecule has 1 amide bonds. The zero-order chi connectivity index (χ0) is 14.1. The van der Waals surface area contributed by atoms with Crippen molar-refractivity contribution in [1.29, 1.82) is 0 Å². The van der Waals surface area contributed by atoms with Gasteiger partial charge < -0.3 is 10.2 Å². The molecule has 0 heterocycles. The summed E-state index contributed by atoms with van der Waals surface area (Å²) in [4.78, 5) is 16.9. The Bertz CT molecular complexity index is 393. The molecule has 5 nitrogen and oxygen atoms in total. The van der Waals surface area contributed by atoms with Gasteiger partial charge in [0.05, 0.1) is 0 Å². The van der Waals surface area contributed by atoms with E-state index in [0.717, 1.165) is 17.3 Å². The van der Waals surface area contributed by atoms with E-state index in [1.165, 1.54) is 7.05 Å². The summed E-state index contributed by atoms with van der Waals surface area (Å²) in [5, 5.41) is 2.82. The Morgan fingerprint density at radius 2 is 2.05 bits per heavy atom. The van der Waals surface area contributed by atoms with Gasteiger partial charge in [0.25, 0.3) is 5.91 Å². The van der Waals surface area contributed by atoms with Crippen LogP contribution in [0.2, 0.25) is 0 Å². The van der Waals surface area contributed by atoms with Crippen molar-refractivity contribution in [3.8, 4) is 5.75 Å². The highest BCUT2D eigenvalue weighted by Crippen LogP contribution is 2.17. The number of unbranched alkanes of at least 4 members (excludes halogenated alkanes) is 1. The molecular weight excluding hydrogens is 303 g/mol. The van der Waals surface area contributed by atoms with Gasteiger partial charge in [0.2, 0.25) is 0 Å². The lowest BCUT2D eigenvalue weighted by molar-refractivity contribution is -0.0102. The van der Waals surface area contributed by atoms with E-state index < -0.39 is 0 Å². The normalized spacial score (nSPS) is 10.0. The number of nitrogens with one attached hydrogen (secondary N) is 1. The first-order valence-electron chi connectivity index (χ1n) is 5.92. The highest BCUT2D eigenvalue weighted by atomic mass is 32.2. The molecule has 0 saturated heterocycles. The van der Waals surface area contributed by atoms with Crippen LogP contribution in [0.4, 0.5) is 4.53 Å². The van der Waals surface area contributed by atoms with E-state index in [4.69, 9.17) is 4.84 Å². The van der Waals surface area contributed by atoms with Crippen LogP contribution in [0.15, 0.2) is 24.3 Å². The van der Waals surface area contributed by atoms with Crippen LogP contribution in [0.5, 0.6) is 5.75 Å². The minimum absolute atomic E-state index is 0. The number of hydroxylamine groups is 1. The van der Waals surface area contributed by atoms with E-state index >= 15 is 0 Å². The van der Waals surface area contributed by atoms with Gasteiger partial charge in [0.15, 0.2) is 12.2 Å². The lowest BCUT2D eigenvalue weighted by atomic mass is 10.2. The van der Waals surface area contributed by atoms with E-state index in [1.54, 1.807) is 24.3 Å². The van der Waals surface area contributed by atoms with Crippen LogP contribution in [-0.4, -0.2) is 24.0 Å². The number of nitrogens with zero attached hydrogens (tertiary/aromatic N) is 1. The number of benzene rings is 1. The molecule has 0 saturated carbocycles. The number of rotatable bonds is 8. The summed E-state index contributed by atoms with van der Waals surface area (Å²) in [5.41, 5.74) is 0.556. The summed E-state index contributed by atoms with van der Waals surface area (Å²) in [7, 11) is 1.50. The van der Waals surface area contributed by atoms with Crippen molar-refractivity contribution in [2.45, 2.75) is 19.8 Å². The molecule has 1 aromatic rings. The molecule has 0 aliphatic rings. The molecule has 0 aliphatic heterocycles. The molecule has 20 heavy (non-hydrogen) atoms. The van der Waals surface area contributed by atoms with E-state index in [0.29, 0.717) is 30.1 Å². The number of amides is 1. The Morgan fingerprint density at radius 3 is 2.60 bits per heavy atom. The fourth-order valence-electron chi connectivity index (χ4n) is 1.35. The molecule has 0 bridgehead atoms. The molecule has 114 valence electrons. The number of hydrogen-bond donors (Lipinski definition) is 1. The second-order valence-electron chi connectivity index (χ2n) is 3.80. The molecule has 0 unspecified atom stereocenters. The zero-order valence-electron chi connectivity index (χ0n) is 11.4. The van der Waals surface area contributed by atoms with Gasteiger partial charge in [-0.1, -0.05) is 17.8 Å². The third-order valence-electron chi connectivity index (χ3n) is 2.30. The molecule has 0 atom stereocenters. The summed E-state index contributed by atoms with van der Waals surface area (Å²) in [6, 6.07) is 6.55. The molecule has 0 aliphatic carbocycles. The maximum atomic E-state index is 11.7. The summed E-state index contributed by atoms with van der Waals surface area (Å²) in [6.45, 7) is 2.73. The largest absolute Gasteiger partial charge is 0.393 e. The van der Waals surface area contributed by atoms with E-state index in [-0.39, 0.29) is 19.4 Å². The maximum Gasteiger partial charge on any atom is 0.251 e. The van der Waals surface area contributed by atoms with Crippen molar-refractivity contribution >= 4 is 31.6 Å². The first-order chi connectivity index (χ1) is 9.17. The molecule has 0 radical (unpaired) electrons. The summed E-state index contributed by atoms with van der Waals surface area (Å²) in [6.07, 6.45) is 1.99. The Hall–Kier alpha value is -0.960. The Morgan fingerprint density at radius 1 is 1.40 bits per heavy atom.